The number of carbonyl (C=O) groups excluding carboxylic acids is 1. The van der Waals surface area contributed by atoms with Crippen molar-refractivity contribution in [2.45, 2.75) is 25.0 Å². The molecule has 1 fully saturated rings. The second-order valence-corrected chi connectivity index (χ2v) is 8.73. The van der Waals surface area contributed by atoms with Crippen LogP contribution in [0, 0.1) is 0 Å². The topological polar surface area (TPSA) is 58.4 Å². The van der Waals surface area contributed by atoms with E-state index in [1.807, 2.05) is 71.3 Å². The Hall–Kier alpha value is -3.28. The zero-order valence-electron chi connectivity index (χ0n) is 18.0. The normalized spacial score (nSPS) is 16.3. The van der Waals surface area contributed by atoms with Crippen LogP contribution in [-0.4, -0.2) is 50.6 Å². The minimum Gasteiger partial charge on any atom is -0.388 e. The molecule has 0 bridgehead atoms. The van der Waals surface area contributed by atoms with E-state index in [1.165, 1.54) is 0 Å². The lowest BCUT2D eigenvalue weighted by atomic mass is 9.91. The predicted molar refractivity (Wildman–Crippen MR) is 127 cm³/mol. The summed E-state index contributed by atoms with van der Waals surface area (Å²) in [4.78, 5) is 19.4. The van der Waals surface area contributed by atoms with Gasteiger partial charge >= 0.3 is 0 Å². The SMILES string of the molecule is O=C(CN1CCC(O)(Cn2cnc3ccccc32)CC1)c1ccc(-c2ccccc2)cc1. The smallest absolute Gasteiger partial charge is 0.176 e. The van der Waals surface area contributed by atoms with Gasteiger partial charge in [0, 0.05) is 18.7 Å². The fourth-order valence-corrected chi connectivity index (χ4v) is 4.51. The molecular formula is C27H27N3O2. The zero-order chi connectivity index (χ0) is 22.0. The maximum Gasteiger partial charge on any atom is 0.176 e. The zero-order valence-corrected chi connectivity index (χ0v) is 18.0. The minimum atomic E-state index is -0.777. The number of hydrogen-bond donors (Lipinski definition) is 1. The molecule has 1 aliphatic heterocycles. The second kappa shape index (κ2) is 8.69. The quantitative estimate of drug-likeness (QED) is 0.465. The number of Topliss-reactive ketones (excluding diaryl/α,β-unsaturated/α-hetero) is 1. The van der Waals surface area contributed by atoms with Crippen molar-refractivity contribution < 1.29 is 9.90 Å². The van der Waals surface area contributed by atoms with Gasteiger partial charge in [0.1, 0.15) is 0 Å². The van der Waals surface area contributed by atoms with Crippen molar-refractivity contribution in [1.82, 2.24) is 14.5 Å². The third kappa shape index (κ3) is 4.35. The summed E-state index contributed by atoms with van der Waals surface area (Å²) in [6, 6.07) is 26.0. The number of carbonyl (C=O) groups is 1. The van der Waals surface area contributed by atoms with Gasteiger partial charge in [-0.3, -0.25) is 9.69 Å². The third-order valence-electron chi connectivity index (χ3n) is 6.46. The summed E-state index contributed by atoms with van der Waals surface area (Å²) in [6.07, 6.45) is 3.08. The predicted octanol–water partition coefficient (Wildman–Crippen LogP) is 4.41. The van der Waals surface area contributed by atoms with Crippen LogP contribution in [0.4, 0.5) is 0 Å². The van der Waals surface area contributed by atoms with Crippen molar-refractivity contribution >= 4 is 16.8 Å². The van der Waals surface area contributed by atoms with Crippen LogP contribution in [0.1, 0.15) is 23.2 Å². The molecule has 0 spiro atoms. The first-order valence-electron chi connectivity index (χ1n) is 11.1. The van der Waals surface area contributed by atoms with E-state index in [-0.39, 0.29) is 5.78 Å². The highest BCUT2D eigenvalue weighted by molar-refractivity contribution is 5.98. The Morgan fingerprint density at radius 3 is 2.28 bits per heavy atom. The van der Waals surface area contributed by atoms with Crippen molar-refractivity contribution in [2.75, 3.05) is 19.6 Å². The Morgan fingerprint density at radius 1 is 0.875 bits per heavy atom. The molecule has 0 radical (unpaired) electrons. The first kappa shape index (κ1) is 20.6. The van der Waals surface area contributed by atoms with Gasteiger partial charge in [0.05, 0.1) is 36.1 Å². The lowest BCUT2D eigenvalue weighted by Gasteiger charge is -2.38. The summed E-state index contributed by atoms with van der Waals surface area (Å²) in [5.74, 6) is 0.121. The summed E-state index contributed by atoms with van der Waals surface area (Å²) in [5, 5.41) is 11.2. The van der Waals surface area contributed by atoms with E-state index < -0.39 is 5.60 Å². The number of rotatable bonds is 6. The summed E-state index contributed by atoms with van der Waals surface area (Å²) < 4.78 is 2.03. The average Bonchev–Trinajstić information content (AvgIpc) is 3.24. The Balaban J connectivity index is 1.18. The summed E-state index contributed by atoms with van der Waals surface area (Å²) >= 11 is 0. The van der Waals surface area contributed by atoms with E-state index in [0.29, 0.717) is 39.0 Å². The number of imidazole rings is 1. The van der Waals surface area contributed by atoms with Crippen molar-refractivity contribution in [3.63, 3.8) is 0 Å². The molecular weight excluding hydrogens is 398 g/mol. The Morgan fingerprint density at radius 2 is 1.53 bits per heavy atom. The van der Waals surface area contributed by atoms with Gasteiger partial charge in [-0.1, -0.05) is 66.7 Å². The van der Waals surface area contributed by atoms with Crippen molar-refractivity contribution in [2.24, 2.45) is 0 Å². The summed E-state index contributed by atoms with van der Waals surface area (Å²) in [6.45, 7) is 2.32. The molecule has 0 aliphatic carbocycles. The molecule has 1 saturated heterocycles. The molecule has 5 nitrogen and oxygen atoms in total. The molecule has 2 heterocycles. The number of aromatic nitrogens is 2. The number of benzene rings is 3. The van der Waals surface area contributed by atoms with Gasteiger partial charge in [-0.25, -0.2) is 4.98 Å². The molecule has 162 valence electrons. The van der Waals surface area contributed by atoms with E-state index in [2.05, 4.69) is 22.0 Å². The van der Waals surface area contributed by atoms with Gasteiger partial charge in [-0.15, -0.1) is 0 Å². The van der Waals surface area contributed by atoms with Gasteiger partial charge in [0.15, 0.2) is 5.78 Å². The second-order valence-electron chi connectivity index (χ2n) is 8.73. The van der Waals surface area contributed by atoms with Gasteiger partial charge in [-0.05, 0) is 36.1 Å². The molecule has 3 aromatic carbocycles. The molecule has 32 heavy (non-hydrogen) atoms. The highest BCUT2D eigenvalue weighted by Gasteiger charge is 2.33. The summed E-state index contributed by atoms with van der Waals surface area (Å²) in [5.41, 5.74) is 4.19. The average molecular weight is 426 g/mol. The maximum absolute atomic E-state index is 12.8. The van der Waals surface area contributed by atoms with Gasteiger partial charge in [0.25, 0.3) is 0 Å². The number of para-hydroxylation sites is 2. The largest absolute Gasteiger partial charge is 0.388 e. The van der Waals surface area contributed by atoms with Gasteiger partial charge < -0.3 is 9.67 Å². The van der Waals surface area contributed by atoms with Crippen molar-refractivity contribution in [1.29, 1.82) is 0 Å². The number of ketones is 1. The maximum atomic E-state index is 12.8. The van der Waals surface area contributed by atoms with Crippen LogP contribution in [-0.2, 0) is 6.54 Å². The molecule has 0 unspecified atom stereocenters. The Bertz CT molecular complexity index is 1210. The van der Waals surface area contributed by atoms with Crippen LogP contribution in [0.15, 0.2) is 85.2 Å². The monoisotopic (exact) mass is 425 g/mol. The molecule has 1 N–H and O–H groups in total. The van der Waals surface area contributed by atoms with Crippen LogP contribution >= 0.6 is 0 Å². The molecule has 0 saturated carbocycles. The van der Waals surface area contributed by atoms with E-state index in [1.54, 1.807) is 6.33 Å². The minimum absolute atomic E-state index is 0.121. The lowest BCUT2D eigenvalue weighted by Crippen LogP contribution is -2.48. The number of fused-ring (bicyclic) bond motifs is 1. The standard InChI is InChI=1S/C27H27N3O2/c31-26(23-12-10-22(11-13-23)21-6-2-1-3-7-21)18-29-16-14-27(32,15-17-29)19-30-20-28-24-8-4-5-9-25(24)30/h1-13,20,32H,14-19H2. The lowest BCUT2D eigenvalue weighted by molar-refractivity contribution is -0.0320. The summed E-state index contributed by atoms with van der Waals surface area (Å²) in [7, 11) is 0. The van der Waals surface area contributed by atoms with E-state index in [4.69, 9.17) is 0 Å². The van der Waals surface area contributed by atoms with E-state index >= 15 is 0 Å². The molecule has 5 rings (SSSR count). The number of likely N-dealkylation sites (tertiary alicyclic amines) is 1. The van der Waals surface area contributed by atoms with Crippen LogP contribution in [0.3, 0.4) is 0 Å². The first-order valence-corrected chi connectivity index (χ1v) is 11.1. The third-order valence-corrected chi connectivity index (χ3v) is 6.46. The Kier molecular flexibility index (Phi) is 5.60. The molecule has 4 aromatic rings. The van der Waals surface area contributed by atoms with Crippen LogP contribution in [0.25, 0.3) is 22.2 Å². The molecule has 0 atom stereocenters. The Labute approximate surface area is 187 Å². The molecule has 5 heteroatoms. The van der Waals surface area contributed by atoms with Crippen LogP contribution < -0.4 is 0 Å². The van der Waals surface area contributed by atoms with Gasteiger partial charge in [-0.2, -0.15) is 0 Å². The van der Waals surface area contributed by atoms with Crippen molar-refractivity contribution in [3.8, 4) is 11.1 Å². The highest BCUT2D eigenvalue weighted by Crippen LogP contribution is 2.26. The number of nitrogens with zero attached hydrogens (tertiary/aromatic N) is 3. The van der Waals surface area contributed by atoms with Gasteiger partial charge in [0.2, 0.25) is 0 Å². The highest BCUT2D eigenvalue weighted by atomic mass is 16.3. The molecule has 1 aliphatic rings. The molecule has 0 amide bonds. The van der Waals surface area contributed by atoms with Crippen molar-refractivity contribution in [3.05, 3.63) is 90.8 Å². The fraction of sp³-hybridized carbons (Fsp3) is 0.259. The number of hydrogen-bond acceptors (Lipinski definition) is 4. The molecule has 1 aromatic heterocycles. The first-order chi connectivity index (χ1) is 15.6. The number of aliphatic hydroxyl groups is 1. The van der Waals surface area contributed by atoms with E-state index in [9.17, 15) is 9.90 Å². The number of piperidine rings is 1. The fourth-order valence-electron chi connectivity index (χ4n) is 4.51. The van der Waals surface area contributed by atoms with Crippen LogP contribution in [0.5, 0.6) is 0 Å². The van der Waals surface area contributed by atoms with E-state index in [0.717, 1.165) is 27.7 Å². The van der Waals surface area contributed by atoms with Crippen LogP contribution in [0.2, 0.25) is 0 Å².